The van der Waals surface area contributed by atoms with Crippen molar-refractivity contribution < 1.29 is 23.4 Å². The van der Waals surface area contributed by atoms with Gasteiger partial charge in [0, 0.05) is 18.0 Å². The van der Waals surface area contributed by atoms with Gasteiger partial charge in [-0.1, -0.05) is 0 Å². The second-order valence-electron chi connectivity index (χ2n) is 9.50. The molecule has 1 unspecified atom stereocenters. The summed E-state index contributed by atoms with van der Waals surface area (Å²) in [5.74, 6) is 1.00. The number of alkyl halides is 2. The Labute approximate surface area is 209 Å². The average Bonchev–Trinajstić information content (AvgIpc) is 3.62. The molecule has 0 spiro atoms. The maximum Gasteiger partial charge on any atom is 0.387 e. The van der Waals surface area contributed by atoms with Crippen LogP contribution >= 0.6 is 0 Å². The normalized spacial score (nSPS) is 18.6. The topological polar surface area (TPSA) is 111 Å². The highest BCUT2D eigenvalue weighted by atomic mass is 19.3. The van der Waals surface area contributed by atoms with Crippen LogP contribution in [-0.4, -0.2) is 49.5 Å². The fourth-order valence-corrected chi connectivity index (χ4v) is 4.42. The van der Waals surface area contributed by atoms with E-state index in [1.54, 1.807) is 18.3 Å². The van der Waals surface area contributed by atoms with Gasteiger partial charge in [0.1, 0.15) is 28.3 Å². The molecular formula is C26H23F2N5O4. The lowest BCUT2D eigenvalue weighted by atomic mass is 9.98. The third kappa shape index (κ3) is 4.46. The van der Waals surface area contributed by atoms with E-state index in [1.165, 1.54) is 28.8 Å². The highest BCUT2D eigenvalue weighted by molar-refractivity contribution is 5.77. The van der Waals surface area contributed by atoms with E-state index >= 15 is 0 Å². The van der Waals surface area contributed by atoms with E-state index < -0.39 is 17.8 Å². The fourth-order valence-electron chi connectivity index (χ4n) is 4.42. The molecule has 9 nitrogen and oxygen atoms in total. The van der Waals surface area contributed by atoms with Crippen molar-refractivity contribution in [2.24, 2.45) is 0 Å². The van der Waals surface area contributed by atoms with Crippen LogP contribution in [-0.2, 0) is 6.42 Å². The van der Waals surface area contributed by atoms with Crippen molar-refractivity contribution in [1.82, 2.24) is 19.5 Å². The van der Waals surface area contributed by atoms with Crippen LogP contribution in [0, 0.1) is 0 Å². The number of aliphatic hydroxyl groups is 1. The van der Waals surface area contributed by atoms with Crippen LogP contribution < -0.4 is 20.3 Å². The maximum atomic E-state index is 13.9. The number of aliphatic hydroxyl groups excluding tert-OH is 1. The molecule has 37 heavy (non-hydrogen) atoms. The molecule has 1 saturated carbocycles. The number of anilines is 1. The molecule has 3 heterocycles. The summed E-state index contributed by atoms with van der Waals surface area (Å²) in [6.07, 6.45) is 4.09. The molecule has 11 heteroatoms. The minimum absolute atomic E-state index is 0.0262. The van der Waals surface area contributed by atoms with E-state index in [4.69, 9.17) is 4.74 Å². The maximum absolute atomic E-state index is 13.9. The molecule has 190 valence electrons. The molecule has 0 radical (unpaired) electrons. The van der Waals surface area contributed by atoms with Crippen LogP contribution in [0.15, 0.2) is 53.5 Å². The quantitative estimate of drug-likeness (QED) is 0.390. The van der Waals surface area contributed by atoms with Crippen LogP contribution in [0.1, 0.15) is 25.3 Å². The number of halogens is 2. The molecule has 4 aromatic rings. The highest BCUT2D eigenvalue weighted by Crippen LogP contribution is 2.37. The van der Waals surface area contributed by atoms with Crippen molar-refractivity contribution >= 4 is 17.1 Å². The van der Waals surface area contributed by atoms with Gasteiger partial charge in [-0.15, -0.1) is 0 Å². The molecular weight excluding hydrogens is 484 g/mol. The van der Waals surface area contributed by atoms with E-state index in [-0.39, 0.29) is 23.7 Å². The van der Waals surface area contributed by atoms with Crippen LogP contribution in [0.5, 0.6) is 11.5 Å². The smallest absolute Gasteiger partial charge is 0.387 e. The number of nitrogens with zero attached hydrogens (tertiary/aromatic N) is 4. The first-order chi connectivity index (χ1) is 17.8. The van der Waals surface area contributed by atoms with Crippen LogP contribution in [0.2, 0.25) is 0 Å². The molecule has 2 N–H and O–H groups in total. The van der Waals surface area contributed by atoms with Crippen molar-refractivity contribution in [3.8, 4) is 28.4 Å². The number of rotatable bonds is 7. The summed E-state index contributed by atoms with van der Waals surface area (Å²) in [4.78, 5) is 27.4. The monoisotopic (exact) mass is 507 g/mol. The van der Waals surface area contributed by atoms with Crippen LogP contribution in [0.4, 0.5) is 14.7 Å². The van der Waals surface area contributed by atoms with Gasteiger partial charge in [0.05, 0.1) is 18.5 Å². The van der Waals surface area contributed by atoms with Crippen molar-refractivity contribution in [2.45, 2.75) is 44.4 Å². The second kappa shape index (κ2) is 8.77. The zero-order valence-corrected chi connectivity index (χ0v) is 19.8. The number of benzene rings is 2. The van der Waals surface area contributed by atoms with E-state index in [1.807, 2.05) is 13.0 Å². The number of nitrogens with one attached hydrogen (secondary N) is 1. The number of aromatic nitrogens is 4. The number of hydrogen-bond donors (Lipinski definition) is 2. The van der Waals surface area contributed by atoms with E-state index in [0.717, 1.165) is 18.4 Å². The molecule has 0 amide bonds. The Hall–Kier alpha value is -4.12. The predicted molar refractivity (Wildman–Crippen MR) is 131 cm³/mol. The molecule has 2 aliphatic rings. The summed E-state index contributed by atoms with van der Waals surface area (Å²) in [6.45, 7) is -1.28. The minimum Gasteiger partial charge on any atom is -0.485 e. The summed E-state index contributed by atoms with van der Waals surface area (Å²) < 4.78 is 37.0. The fraction of sp³-hybridized carbons (Fsp3) is 0.308. The molecule has 1 aliphatic heterocycles. The van der Waals surface area contributed by atoms with Crippen molar-refractivity contribution in [2.75, 3.05) is 11.9 Å². The predicted octanol–water partition coefficient (Wildman–Crippen LogP) is 3.70. The first-order valence-corrected chi connectivity index (χ1v) is 11.9. The minimum atomic E-state index is -2.96. The van der Waals surface area contributed by atoms with Crippen LogP contribution in [0.25, 0.3) is 28.1 Å². The van der Waals surface area contributed by atoms with Crippen molar-refractivity contribution in [1.29, 1.82) is 0 Å². The van der Waals surface area contributed by atoms with Gasteiger partial charge in [0.25, 0.3) is 5.56 Å². The molecule has 6 rings (SSSR count). The molecule has 2 aromatic heterocycles. The first kappa shape index (κ1) is 23.3. The summed E-state index contributed by atoms with van der Waals surface area (Å²) in [7, 11) is 0. The Balaban J connectivity index is 1.50. The largest absolute Gasteiger partial charge is 0.485 e. The molecule has 0 bridgehead atoms. The van der Waals surface area contributed by atoms with Gasteiger partial charge in [0.15, 0.2) is 5.65 Å². The second-order valence-corrected chi connectivity index (χ2v) is 9.50. The molecule has 1 aliphatic carbocycles. The molecule has 2 aromatic carbocycles. The van der Waals surface area contributed by atoms with Gasteiger partial charge in [0.2, 0.25) is 5.95 Å². The summed E-state index contributed by atoms with van der Waals surface area (Å²) in [5.41, 5.74) is 1.53. The first-order valence-electron chi connectivity index (χ1n) is 11.9. The van der Waals surface area contributed by atoms with Gasteiger partial charge >= 0.3 is 6.61 Å². The van der Waals surface area contributed by atoms with Gasteiger partial charge in [-0.05, 0) is 67.8 Å². The lowest BCUT2D eigenvalue weighted by molar-refractivity contribution is -0.0498. The Morgan fingerprint density at radius 1 is 1.22 bits per heavy atom. The summed E-state index contributed by atoms with van der Waals surface area (Å²) in [6, 6.07) is 11.4. The van der Waals surface area contributed by atoms with Gasteiger partial charge in [-0.3, -0.25) is 9.36 Å². The van der Waals surface area contributed by atoms with Gasteiger partial charge < -0.3 is 19.9 Å². The van der Waals surface area contributed by atoms with Gasteiger partial charge in [-0.25, -0.2) is 9.97 Å². The zero-order chi connectivity index (χ0) is 25.7. The molecule has 1 atom stereocenters. The summed E-state index contributed by atoms with van der Waals surface area (Å²) in [5, 5.41) is 12.9. The van der Waals surface area contributed by atoms with Crippen LogP contribution in [0.3, 0.4) is 0 Å². The third-order valence-corrected chi connectivity index (χ3v) is 6.42. The standard InChI is InChI=1S/C26H23F2N5O4/c1-26(13-34)11-15-10-14(2-9-20(15)37-26)21-23(35)33(17-5-7-18(8-6-17)36-24(27)28)22-19(31-21)12-29-25(32-22)30-16-3-4-16/h2,5-10,12,16,24,34H,3-4,11,13H2,1H3,(H,29,30,32). The SMILES string of the molecule is CC1(CO)Cc2cc(-c3nc4cnc(NC5CC5)nc4n(-c4ccc(OC(F)F)cc4)c3=O)ccc2O1. The van der Waals surface area contributed by atoms with E-state index in [9.17, 15) is 18.7 Å². The van der Waals surface area contributed by atoms with E-state index in [2.05, 4.69) is 25.0 Å². The number of fused-ring (bicyclic) bond motifs is 2. The Morgan fingerprint density at radius 3 is 2.70 bits per heavy atom. The summed E-state index contributed by atoms with van der Waals surface area (Å²) >= 11 is 0. The van der Waals surface area contributed by atoms with Gasteiger partial charge in [-0.2, -0.15) is 13.8 Å². The average molecular weight is 507 g/mol. The Morgan fingerprint density at radius 2 is 2.00 bits per heavy atom. The highest BCUT2D eigenvalue weighted by Gasteiger charge is 2.34. The lowest BCUT2D eigenvalue weighted by Crippen LogP contribution is -2.34. The lowest BCUT2D eigenvalue weighted by Gasteiger charge is -2.20. The van der Waals surface area contributed by atoms with E-state index in [0.29, 0.717) is 40.9 Å². The number of ether oxygens (including phenoxy) is 2. The Bertz CT molecular complexity index is 1560. The zero-order valence-electron chi connectivity index (χ0n) is 19.8. The molecule has 1 fully saturated rings. The Kier molecular flexibility index (Phi) is 5.52. The van der Waals surface area contributed by atoms with Crippen molar-refractivity contribution in [3.63, 3.8) is 0 Å². The molecule has 0 saturated heterocycles. The number of hydrogen-bond acceptors (Lipinski definition) is 8. The third-order valence-electron chi connectivity index (χ3n) is 6.42. The van der Waals surface area contributed by atoms with Crippen molar-refractivity contribution in [3.05, 3.63) is 64.6 Å².